The van der Waals surface area contributed by atoms with Crippen molar-refractivity contribution < 1.29 is 39.6 Å². The van der Waals surface area contributed by atoms with E-state index in [2.05, 4.69) is 31.9 Å². The fourth-order valence-electron chi connectivity index (χ4n) is 3.46. The molecule has 0 bridgehead atoms. The van der Waals surface area contributed by atoms with Gasteiger partial charge in [0.25, 0.3) is 0 Å². The van der Waals surface area contributed by atoms with Crippen LogP contribution in [-0.4, -0.2) is 38.1 Å². The number of hydrogen-bond acceptors (Lipinski definition) is 3. The maximum Gasteiger partial charge on any atom is 0.402 e. The molecule has 0 heterocycles. The molecule has 0 radical (unpaired) electrons. The van der Waals surface area contributed by atoms with Crippen LogP contribution in [0.1, 0.15) is 40.7 Å². The van der Waals surface area contributed by atoms with E-state index < -0.39 is 51.3 Å². The van der Waals surface area contributed by atoms with Gasteiger partial charge in [-0.3, -0.25) is 4.79 Å². The molecule has 198 valence electrons. The van der Waals surface area contributed by atoms with Crippen molar-refractivity contribution in [2.24, 2.45) is 5.92 Å². The zero-order valence-electron chi connectivity index (χ0n) is 18.4. The average Bonchev–Trinajstić information content (AvgIpc) is 2.63. The van der Waals surface area contributed by atoms with Crippen molar-refractivity contribution in [1.82, 2.24) is 0 Å². The Labute approximate surface area is 226 Å². The summed E-state index contributed by atoms with van der Waals surface area (Å²) >= 11 is 12.5. The molecule has 3 nitrogen and oxygen atoms in total. The van der Waals surface area contributed by atoms with Crippen LogP contribution < -0.4 is 0 Å². The molecule has 0 spiro atoms. The largest absolute Gasteiger partial charge is 0.402 e. The first kappa shape index (κ1) is 30.9. The number of benzene rings is 2. The maximum atomic E-state index is 13.7. The molecule has 0 aliphatic rings. The van der Waals surface area contributed by atoms with Gasteiger partial charge >= 0.3 is 12.4 Å². The van der Waals surface area contributed by atoms with Gasteiger partial charge in [-0.25, -0.2) is 8.42 Å². The SMILES string of the molecule is C[C@@H](CC(=O)c1ccc(/C=C/C(c2cc(Br)cc(Br)c2)C(F)(F)F)cc1Cl)CS(=O)(=O)CC(F)(F)F. The molecule has 0 saturated carbocycles. The minimum Gasteiger partial charge on any atom is -0.294 e. The second kappa shape index (κ2) is 12.0. The van der Waals surface area contributed by atoms with Crippen molar-refractivity contribution in [2.45, 2.75) is 31.6 Å². The quantitative estimate of drug-likeness (QED) is 0.197. The average molecular weight is 685 g/mol. The van der Waals surface area contributed by atoms with Gasteiger partial charge in [0, 0.05) is 20.9 Å². The van der Waals surface area contributed by atoms with E-state index in [1.54, 1.807) is 6.07 Å². The van der Waals surface area contributed by atoms with Crippen LogP contribution in [0.5, 0.6) is 0 Å². The summed E-state index contributed by atoms with van der Waals surface area (Å²) in [5.74, 6) is -6.24. The Hall–Kier alpha value is -1.37. The predicted molar refractivity (Wildman–Crippen MR) is 134 cm³/mol. The predicted octanol–water partition coefficient (Wildman–Crippen LogP) is 8.41. The van der Waals surface area contributed by atoms with Crippen molar-refractivity contribution in [1.29, 1.82) is 0 Å². The van der Waals surface area contributed by atoms with Gasteiger partial charge in [0.2, 0.25) is 0 Å². The Balaban J connectivity index is 2.18. The smallest absolute Gasteiger partial charge is 0.294 e. The van der Waals surface area contributed by atoms with Crippen molar-refractivity contribution >= 4 is 65.2 Å². The molecule has 0 N–H and O–H groups in total. The molecule has 2 rings (SSSR count). The third-order valence-electron chi connectivity index (χ3n) is 4.83. The van der Waals surface area contributed by atoms with E-state index in [9.17, 15) is 39.6 Å². The Morgan fingerprint density at radius 3 is 2.11 bits per heavy atom. The molecule has 0 aliphatic carbocycles. The summed E-state index contributed by atoms with van der Waals surface area (Å²) in [4.78, 5) is 12.5. The number of halogens is 9. The van der Waals surface area contributed by atoms with Gasteiger partial charge in [-0.15, -0.1) is 0 Å². The van der Waals surface area contributed by atoms with Gasteiger partial charge in [0.15, 0.2) is 15.6 Å². The molecular formula is C23H19Br2ClF6O3S. The van der Waals surface area contributed by atoms with Crippen molar-refractivity contribution in [3.8, 4) is 0 Å². The Bertz CT molecular complexity index is 1220. The van der Waals surface area contributed by atoms with E-state index in [0.717, 1.165) is 6.08 Å². The molecule has 36 heavy (non-hydrogen) atoms. The van der Waals surface area contributed by atoms with Crippen LogP contribution in [0.4, 0.5) is 26.3 Å². The standard InChI is InChI=1S/C23H19Br2ClF6O3S/c1-13(11-36(34,35)12-22(27,28)29)6-21(33)18-4-2-14(7-20(18)26)3-5-19(23(30,31)32)15-8-16(24)10-17(25)9-15/h2-5,7-10,13,19H,6,11-12H2,1H3/b5-3+/t13-,19?/m0/s1. The van der Waals surface area contributed by atoms with Gasteiger partial charge in [-0.05, 0) is 47.4 Å². The second-order valence-corrected chi connectivity index (χ2v) is 12.6. The number of alkyl halides is 6. The summed E-state index contributed by atoms with van der Waals surface area (Å²) in [6.07, 6.45) is -7.68. The second-order valence-electron chi connectivity index (χ2n) is 8.22. The first-order valence-electron chi connectivity index (χ1n) is 10.2. The zero-order chi connectivity index (χ0) is 27.5. The summed E-state index contributed by atoms with van der Waals surface area (Å²) in [5.41, 5.74) is 0.255. The molecule has 0 fully saturated rings. The summed E-state index contributed by atoms with van der Waals surface area (Å²) in [7, 11) is -4.46. The van der Waals surface area contributed by atoms with E-state index in [1.165, 1.54) is 43.3 Å². The minimum absolute atomic E-state index is 0.00708. The van der Waals surface area contributed by atoms with Gasteiger partial charge < -0.3 is 0 Å². The molecule has 2 aromatic rings. The molecule has 0 amide bonds. The summed E-state index contributed by atoms with van der Waals surface area (Å²) < 4.78 is 103. The van der Waals surface area contributed by atoms with Crippen molar-refractivity contribution in [3.63, 3.8) is 0 Å². The lowest BCUT2D eigenvalue weighted by Gasteiger charge is -2.18. The summed E-state index contributed by atoms with van der Waals surface area (Å²) in [5, 5.41) is -0.0822. The van der Waals surface area contributed by atoms with E-state index in [1.807, 2.05) is 0 Å². The van der Waals surface area contributed by atoms with Crippen LogP contribution >= 0.6 is 43.5 Å². The lowest BCUT2D eigenvalue weighted by molar-refractivity contribution is -0.139. The molecule has 2 aromatic carbocycles. The molecule has 13 heteroatoms. The number of allylic oxidation sites excluding steroid dienone is 1. The number of sulfone groups is 1. The molecular weight excluding hydrogens is 666 g/mol. The van der Waals surface area contributed by atoms with Gasteiger partial charge in [0.05, 0.1) is 16.7 Å². The van der Waals surface area contributed by atoms with E-state index in [4.69, 9.17) is 11.6 Å². The van der Waals surface area contributed by atoms with Crippen LogP contribution in [-0.2, 0) is 9.84 Å². The van der Waals surface area contributed by atoms with E-state index >= 15 is 0 Å². The normalized spacial score (nSPS) is 14.7. The Morgan fingerprint density at radius 1 is 1.03 bits per heavy atom. The number of carbonyl (C=O) groups is 1. The van der Waals surface area contributed by atoms with Gasteiger partial charge in [-0.1, -0.05) is 68.6 Å². The highest BCUT2D eigenvalue weighted by molar-refractivity contribution is 9.11. The molecule has 2 atom stereocenters. The maximum absolute atomic E-state index is 13.7. The molecule has 0 aliphatic heterocycles. The third-order valence-corrected chi connectivity index (χ3v) is 7.90. The molecule has 0 aromatic heterocycles. The lowest BCUT2D eigenvalue weighted by atomic mass is 9.96. The van der Waals surface area contributed by atoms with Crippen LogP contribution in [0, 0.1) is 5.92 Å². The highest BCUT2D eigenvalue weighted by atomic mass is 79.9. The van der Waals surface area contributed by atoms with Gasteiger partial charge in [-0.2, -0.15) is 26.3 Å². The zero-order valence-corrected chi connectivity index (χ0v) is 23.2. The fraction of sp³-hybridized carbons (Fsp3) is 0.348. The van der Waals surface area contributed by atoms with Crippen LogP contribution in [0.25, 0.3) is 6.08 Å². The minimum atomic E-state index is -4.88. The topological polar surface area (TPSA) is 51.2 Å². The summed E-state index contributed by atoms with van der Waals surface area (Å²) in [6, 6.07) is 8.21. The van der Waals surface area contributed by atoms with Crippen LogP contribution in [0.15, 0.2) is 51.4 Å². The monoisotopic (exact) mass is 682 g/mol. The number of hydrogen-bond donors (Lipinski definition) is 0. The third kappa shape index (κ3) is 9.83. The van der Waals surface area contributed by atoms with Crippen LogP contribution in [0.2, 0.25) is 5.02 Å². The number of ketones is 1. The van der Waals surface area contributed by atoms with Gasteiger partial charge in [0.1, 0.15) is 5.75 Å². The van der Waals surface area contributed by atoms with Crippen molar-refractivity contribution in [3.05, 3.63) is 73.1 Å². The number of rotatable bonds is 9. The number of carbonyl (C=O) groups excluding carboxylic acids is 1. The molecule has 1 unspecified atom stereocenters. The highest BCUT2D eigenvalue weighted by Gasteiger charge is 2.39. The first-order valence-corrected chi connectivity index (χ1v) is 14.0. The van der Waals surface area contributed by atoms with E-state index in [0.29, 0.717) is 8.95 Å². The Kier molecular flexibility index (Phi) is 10.3. The highest BCUT2D eigenvalue weighted by Crippen LogP contribution is 2.38. The fourth-order valence-corrected chi connectivity index (χ4v) is 6.68. The summed E-state index contributed by atoms with van der Waals surface area (Å²) in [6.45, 7) is 1.33. The lowest BCUT2D eigenvalue weighted by Crippen LogP contribution is -2.28. The van der Waals surface area contributed by atoms with E-state index in [-0.39, 0.29) is 28.1 Å². The van der Waals surface area contributed by atoms with Crippen molar-refractivity contribution in [2.75, 3.05) is 11.5 Å². The number of Topliss-reactive ketones (excluding diaryl/α,β-unsaturated/α-hetero) is 1. The Morgan fingerprint density at radius 2 is 1.61 bits per heavy atom. The molecule has 0 saturated heterocycles. The first-order chi connectivity index (χ1) is 16.4. The van der Waals surface area contributed by atoms with Crippen LogP contribution in [0.3, 0.4) is 0 Å².